The van der Waals surface area contributed by atoms with E-state index in [2.05, 4.69) is 35.3 Å². The highest BCUT2D eigenvalue weighted by Gasteiger charge is 2.39. The number of hydrogen-bond donors (Lipinski definition) is 1. The topological polar surface area (TPSA) is 79.0 Å². The molecule has 4 rings (SSSR count). The molecule has 1 N–H and O–H groups in total. The van der Waals surface area contributed by atoms with E-state index in [1.807, 2.05) is 0 Å². The lowest BCUT2D eigenvalue weighted by atomic mass is 9.87. The predicted molar refractivity (Wildman–Crippen MR) is 142 cm³/mol. The van der Waals surface area contributed by atoms with Gasteiger partial charge in [0.1, 0.15) is 5.75 Å². The Morgan fingerprint density at radius 1 is 1.08 bits per heavy atom. The smallest absolute Gasteiger partial charge is 0.255 e. The van der Waals surface area contributed by atoms with Crippen LogP contribution in [-0.4, -0.2) is 75.4 Å². The number of sulfone groups is 1. The Morgan fingerprint density at radius 3 is 2.64 bits per heavy atom. The Balaban J connectivity index is 1.30. The summed E-state index contributed by atoms with van der Waals surface area (Å²) in [6.45, 7) is 5.89. The quantitative estimate of drug-likeness (QED) is 0.465. The van der Waals surface area contributed by atoms with E-state index in [0.717, 1.165) is 57.4 Å². The van der Waals surface area contributed by atoms with Crippen LogP contribution in [0.4, 0.5) is 0 Å². The van der Waals surface area contributed by atoms with Crippen LogP contribution in [0, 0.1) is 0 Å². The van der Waals surface area contributed by atoms with Gasteiger partial charge in [0.25, 0.3) is 5.91 Å². The monoisotopic (exact) mass is 513 g/mol. The van der Waals surface area contributed by atoms with Gasteiger partial charge in [-0.05, 0) is 87.0 Å². The summed E-state index contributed by atoms with van der Waals surface area (Å²) < 4.78 is 31.5. The van der Waals surface area contributed by atoms with Crippen molar-refractivity contribution in [3.63, 3.8) is 0 Å². The zero-order chi connectivity index (χ0) is 25.5. The highest BCUT2D eigenvalue weighted by Crippen LogP contribution is 2.28. The normalized spacial score (nSPS) is 20.4. The van der Waals surface area contributed by atoms with Crippen LogP contribution in [0.5, 0.6) is 5.75 Å². The molecular weight excluding hydrogens is 474 g/mol. The van der Waals surface area contributed by atoms with Crippen molar-refractivity contribution < 1.29 is 17.9 Å². The molecule has 196 valence electrons. The van der Waals surface area contributed by atoms with E-state index >= 15 is 0 Å². The van der Waals surface area contributed by atoms with Crippen molar-refractivity contribution in [3.05, 3.63) is 59.7 Å². The molecule has 1 heterocycles. The summed E-state index contributed by atoms with van der Waals surface area (Å²) in [4.78, 5) is 17.6. The lowest BCUT2D eigenvalue weighted by Crippen LogP contribution is -2.58. The van der Waals surface area contributed by atoms with Gasteiger partial charge >= 0.3 is 0 Å². The van der Waals surface area contributed by atoms with Crippen molar-refractivity contribution in [2.75, 3.05) is 39.8 Å². The average molecular weight is 514 g/mol. The second-order valence-corrected chi connectivity index (χ2v) is 11.8. The molecule has 1 saturated heterocycles. The molecule has 1 aliphatic carbocycles. The maximum Gasteiger partial charge on any atom is 0.255 e. The second kappa shape index (κ2) is 12.2. The summed E-state index contributed by atoms with van der Waals surface area (Å²) in [5.41, 5.74) is 2.82. The highest BCUT2D eigenvalue weighted by atomic mass is 32.2. The second-order valence-electron chi connectivity index (χ2n) is 9.79. The number of nitrogens with one attached hydrogen (secondary N) is 1. The number of unbranched alkanes of at least 4 members (excludes halogenated alkanes) is 1. The van der Waals surface area contributed by atoms with Crippen molar-refractivity contribution in [1.29, 1.82) is 0 Å². The van der Waals surface area contributed by atoms with Crippen LogP contribution in [0.2, 0.25) is 0 Å². The van der Waals surface area contributed by atoms with Crippen molar-refractivity contribution >= 4 is 15.7 Å². The van der Waals surface area contributed by atoms with E-state index in [9.17, 15) is 13.2 Å². The van der Waals surface area contributed by atoms with Gasteiger partial charge in [-0.1, -0.05) is 31.2 Å². The van der Waals surface area contributed by atoms with E-state index in [1.54, 1.807) is 42.3 Å². The van der Waals surface area contributed by atoms with Gasteiger partial charge in [0.2, 0.25) is 9.84 Å². The van der Waals surface area contributed by atoms with Crippen LogP contribution in [0.25, 0.3) is 0 Å². The molecule has 8 heteroatoms. The Labute approximate surface area is 215 Å². The first-order valence-electron chi connectivity index (χ1n) is 13.1. The lowest BCUT2D eigenvalue weighted by Gasteiger charge is -2.36. The Morgan fingerprint density at radius 2 is 1.89 bits per heavy atom. The molecule has 7 nitrogen and oxygen atoms in total. The molecule has 2 atom stereocenters. The first-order chi connectivity index (χ1) is 17.4. The number of amides is 1. The molecule has 0 radical (unpaired) electrons. The van der Waals surface area contributed by atoms with Crippen LogP contribution in [-0.2, 0) is 27.5 Å². The van der Waals surface area contributed by atoms with Crippen LogP contribution in [0.1, 0.15) is 43.7 Å². The van der Waals surface area contributed by atoms with Gasteiger partial charge in [-0.2, -0.15) is 0 Å². The van der Waals surface area contributed by atoms with Crippen LogP contribution in [0.15, 0.2) is 53.4 Å². The molecule has 1 fully saturated rings. The summed E-state index contributed by atoms with van der Waals surface area (Å²) in [5.74, 6) is 0.582. The fourth-order valence-corrected chi connectivity index (χ4v) is 7.00. The van der Waals surface area contributed by atoms with Crippen molar-refractivity contribution in [2.45, 2.75) is 61.8 Å². The van der Waals surface area contributed by atoms with Crippen LogP contribution in [0.3, 0.4) is 0 Å². The molecule has 36 heavy (non-hydrogen) atoms. The zero-order valence-electron chi connectivity index (χ0n) is 21.5. The predicted octanol–water partition coefficient (Wildman–Crippen LogP) is 3.28. The number of aryl methyl sites for hydroxylation is 1. The number of carbonyl (C=O) groups excluding carboxylic acids is 1. The number of benzene rings is 2. The van der Waals surface area contributed by atoms with Crippen LogP contribution < -0.4 is 10.1 Å². The van der Waals surface area contributed by atoms with Gasteiger partial charge in [-0.15, -0.1) is 0 Å². The number of methoxy groups -OCH3 is 1. The molecule has 0 bridgehead atoms. The summed E-state index contributed by atoms with van der Waals surface area (Å²) in [6, 6.07) is 15.2. The Kier molecular flexibility index (Phi) is 9.04. The minimum Gasteiger partial charge on any atom is -0.497 e. The number of carbonyl (C=O) groups is 1. The zero-order valence-corrected chi connectivity index (χ0v) is 22.3. The van der Waals surface area contributed by atoms with E-state index in [-0.39, 0.29) is 10.8 Å². The standard InChI is InChI=1S/C28H39N3O4S/c1-3-16-30(24-13-11-22-12-14-25(35-2)21-23(22)20-24)17-7-8-18-31-19-15-29-27(28(31)32)36(33,34)26-9-5-4-6-10-26/h4-6,9-10,12,14,21,24,27,29H,3,7-8,11,13,15-20H2,1-2H3. The van der Waals surface area contributed by atoms with Crippen molar-refractivity contribution in [3.8, 4) is 5.75 Å². The largest absolute Gasteiger partial charge is 0.497 e. The molecule has 2 aromatic rings. The summed E-state index contributed by atoms with van der Waals surface area (Å²) >= 11 is 0. The average Bonchev–Trinajstić information content (AvgIpc) is 2.91. The third-order valence-corrected chi connectivity index (χ3v) is 9.31. The van der Waals surface area contributed by atoms with Gasteiger partial charge in [0.05, 0.1) is 12.0 Å². The number of rotatable bonds is 11. The number of hydrogen-bond acceptors (Lipinski definition) is 6. The number of nitrogens with zero attached hydrogens (tertiary/aromatic N) is 2. The molecule has 2 aliphatic rings. The molecule has 1 aliphatic heterocycles. The van der Waals surface area contributed by atoms with E-state index in [1.165, 1.54) is 11.1 Å². The van der Waals surface area contributed by atoms with Gasteiger partial charge in [0.15, 0.2) is 5.37 Å². The first kappa shape index (κ1) is 26.6. The molecule has 2 aromatic carbocycles. The van der Waals surface area contributed by atoms with Gasteiger partial charge in [-0.3, -0.25) is 10.1 Å². The van der Waals surface area contributed by atoms with E-state index in [0.29, 0.717) is 25.7 Å². The summed E-state index contributed by atoms with van der Waals surface area (Å²) in [5, 5.41) is 1.72. The van der Waals surface area contributed by atoms with Gasteiger partial charge in [-0.25, -0.2) is 8.42 Å². The Hall–Kier alpha value is -2.42. The molecular formula is C28H39N3O4S. The minimum absolute atomic E-state index is 0.180. The fraction of sp³-hybridized carbons (Fsp3) is 0.536. The molecule has 2 unspecified atom stereocenters. The number of piperazine rings is 1. The number of ether oxygens (including phenoxy) is 1. The lowest BCUT2D eigenvalue weighted by molar-refractivity contribution is -0.133. The maximum absolute atomic E-state index is 13.1. The third kappa shape index (κ3) is 6.10. The Bertz CT molecular complexity index is 1120. The highest BCUT2D eigenvalue weighted by molar-refractivity contribution is 7.92. The van der Waals surface area contributed by atoms with E-state index in [4.69, 9.17) is 4.74 Å². The first-order valence-corrected chi connectivity index (χ1v) is 14.7. The minimum atomic E-state index is -3.76. The fourth-order valence-electron chi connectivity index (χ4n) is 5.44. The summed E-state index contributed by atoms with van der Waals surface area (Å²) in [6.07, 6.45) is 6.25. The third-order valence-electron chi connectivity index (χ3n) is 7.40. The molecule has 0 aromatic heterocycles. The van der Waals surface area contributed by atoms with Crippen LogP contribution >= 0.6 is 0 Å². The van der Waals surface area contributed by atoms with Crippen molar-refractivity contribution in [1.82, 2.24) is 15.1 Å². The summed E-state index contributed by atoms with van der Waals surface area (Å²) in [7, 11) is -2.04. The van der Waals surface area contributed by atoms with Gasteiger partial charge < -0.3 is 14.5 Å². The van der Waals surface area contributed by atoms with Gasteiger partial charge in [0, 0.05) is 25.7 Å². The molecule has 0 spiro atoms. The maximum atomic E-state index is 13.1. The van der Waals surface area contributed by atoms with E-state index < -0.39 is 15.2 Å². The van der Waals surface area contributed by atoms with Crippen molar-refractivity contribution in [2.24, 2.45) is 0 Å². The molecule has 0 saturated carbocycles. The number of fused-ring (bicyclic) bond motifs is 1. The molecule has 1 amide bonds. The SMILES string of the molecule is CCCN(CCCCN1CCNC(S(=O)(=O)c2ccccc2)C1=O)C1CCc2ccc(OC)cc2C1.